The third kappa shape index (κ3) is 1.84. The molecule has 0 amide bonds. The third-order valence-corrected chi connectivity index (χ3v) is 3.83. The molecule has 0 aromatic rings. The van der Waals surface area contributed by atoms with Crippen LogP contribution in [0.1, 0.15) is 32.1 Å². The van der Waals surface area contributed by atoms with Gasteiger partial charge in [-0.25, -0.2) is 0 Å². The lowest BCUT2D eigenvalue weighted by molar-refractivity contribution is -0.0165. The molecule has 60 valence electrons. The number of methoxy groups -OCH3 is 1. The predicted molar refractivity (Wildman–Crippen MR) is 51.7 cm³/mol. The molecule has 0 spiro atoms. The molecule has 1 aliphatic carbocycles. The summed E-state index contributed by atoms with van der Waals surface area (Å²) in [5.41, 5.74) is 0.249. The lowest BCUT2D eigenvalue weighted by Gasteiger charge is -2.34. The fourth-order valence-electron chi connectivity index (χ4n) is 1.59. The smallest absolute Gasteiger partial charge is 0.0767 e. The Hall–Kier alpha value is 0.690. The van der Waals surface area contributed by atoms with Crippen LogP contribution in [0.3, 0.4) is 0 Å². The van der Waals surface area contributed by atoms with E-state index in [1.54, 1.807) is 0 Å². The van der Waals surface area contributed by atoms with Crippen molar-refractivity contribution < 1.29 is 4.74 Å². The number of rotatable bonds is 2. The summed E-state index contributed by atoms with van der Waals surface area (Å²) in [6.07, 6.45) is 6.66. The highest BCUT2D eigenvalue weighted by Gasteiger charge is 2.29. The van der Waals surface area contributed by atoms with Gasteiger partial charge in [0.25, 0.3) is 0 Å². The maximum atomic E-state index is 5.52. The maximum Gasteiger partial charge on any atom is 0.0767 e. The van der Waals surface area contributed by atoms with Gasteiger partial charge in [0.15, 0.2) is 0 Å². The second-order valence-electron chi connectivity index (χ2n) is 3.08. The zero-order chi connectivity index (χ0) is 7.45. The summed E-state index contributed by atoms with van der Waals surface area (Å²) in [6, 6.07) is 0. The largest absolute Gasteiger partial charge is 0.377 e. The van der Waals surface area contributed by atoms with E-state index in [0.29, 0.717) is 0 Å². The Morgan fingerprint density at radius 2 is 1.90 bits per heavy atom. The van der Waals surface area contributed by atoms with Crippen molar-refractivity contribution in [1.82, 2.24) is 0 Å². The summed E-state index contributed by atoms with van der Waals surface area (Å²) in [7, 11) is 1.85. The molecule has 1 nitrogen and oxygen atoms in total. The summed E-state index contributed by atoms with van der Waals surface area (Å²) in [4.78, 5) is 0. The Morgan fingerprint density at radius 3 is 2.20 bits per heavy atom. The summed E-state index contributed by atoms with van der Waals surface area (Å²) >= 11 is 2.43. The highest BCUT2D eigenvalue weighted by molar-refractivity contribution is 14.1. The molecular formula is C8H15IO. The number of ether oxygens (including phenoxy) is 1. The van der Waals surface area contributed by atoms with Gasteiger partial charge in [0.1, 0.15) is 0 Å². The van der Waals surface area contributed by atoms with Crippen LogP contribution in [0.4, 0.5) is 0 Å². The first-order chi connectivity index (χ1) is 4.83. The number of hydrogen-bond donors (Lipinski definition) is 0. The summed E-state index contributed by atoms with van der Waals surface area (Å²) in [6.45, 7) is 0. The average Bonchev–Trinajstić information content (AvgIpc) is 2.06. The Bertz CT molecular complexity index is 91.4. The van der Waals surface area contributed by atoms with Gasteiger partial charge in [-0.05, 0) is 12.8 Å². The molecule has 10 heavy (non-hydrogen) atoms. The topological polar surface area (TPSA) is 9.23 Å². The van der Waals surface area contributed by atoms with Crippen LogP contribution < -0.4 is 0 Å². The molecular weight excluding hydrogens is 239 g/mol. The fraction of sp³-hybridized carbons (Fsp3) is 1.00. The molecule has 1 fully saturated rings. The molecule has 0 saturated heterocycles. The van der Waals surface area contributed by atoms with Gasteiger partial charge in [-0.15, -0.1) is 0 Å². The van der Waals surface area contributed by atoms with Crippen molar-refractivity contribution in [2.45, 2.75) is 37.7 Å². The third-order valence-electron chi connectivity index (χ3n) is 2.44. The van der Waals surface area contributed by atoms with Crippen molar-refractivity contribution >= 4 is 22.6 Å². The molecule has 1 rings (SSSR count). The first-order valence-corrected chi connectivity index (χ1v) is 5.47. The first kappa shape index (κ1) is 8.78. The Kier molecular flexibility index (Phi) is 3.43. The van der Waals surface area contributed by atoms with Gasteiger partial charge in [0.05, 0.1) is 5.60 Å². The minimum absolute atomic E-state index is 0.249. The van der Waals surface area contributed by atoms with Gasteiger partial charge in [-0.2, -0.15) is 0 Å². The molecule has 0 radical (unpaired) electrons. The normalized spacial score (nSPS) is 24.6. The van der Waals surface area contributed by atoms with Gasteiger partial charge in [-0.1, -0.05) is 41.9 Å². The van der Waals surface area contributed by atoms with Gasteiger partial charge < -0.3 is 4.74 Å². The summed E-state index contributed by atoms with van der Waals surface area (Å²) in [5, 5.41) is 0. The highest BCUT2D eigenvalue weighted by atomic mass is 127. The SMILES string of the molecule is COC1(CI)CCCCC1. The number of alkyl halides is 1. The van der Waals surface area contributed by atoms with Crippen molar-refractivity contribution in [2.24, 2.45) is 0 Å². The molecule has 0 atom stereocenters. The van der Waals surface area contributed by atoms with Crippen LogP contribution in [0, 0.1) is 0 Å². The van der Waals surface area contributed by atoms with Gasteiger partial charge in [0.2, 0.25) is 0 Å². The van der Waals surface area contributed by atoms with Gasteiger partial charge >= 0.3 is 0 Å². The van der Waals surface area contributed by atoms with Crippen molar-refractivity contribution in [2.75, 3.05) is 11.5 Å². The van der Waals surface area contributed by atoms with E-state index in [1.165, 1.54) is 32.1 Å². The van der Waals surface area contributed by atoms with E-state index in [1.807, 2.05) is 7.11 Å². The van der Waals surface area contributed by atoms with Gasteiger partial charge in [0, 0.05) is 11.5 Å². The van der Waals surface area contributed by atoms with Crippen molar-refractivity contribution in [1.29, 1.82) is 0 Å². The predicted octanol–water partition coefficient (Wildman–Crippen LogP) is 2.77. The minimum Gasteiger partial charge on any atom is -0.377 e. The molecule has 2 heteroatoms. The van der Waals surface area contributed by atoms with Crippen LogP contribution in [0.25, 0.3) is 0 Å². The second kappa shape index (κ2) is 3.90. The van der Waals surface area contributed by atoms with E-state index < -0.39 is 0 Å². The molecule has 1 aliphatic rings. The van der Waals surface area contributed by atoms with Crippen LogP contribution in [0.15, 0.2) is 0 Å². The fourth-order valence-corrected chi connectivity index (χ4v) is 2.66. The van der Waals surface area contributed by atoms with Crippen molar-refractivity contribution in [3.8, 4) is 0 Å². The second-order valence-corrected chi connectivity index (χ2v) is 3.84. The van der Waals surface area contributed by atoms with E-state index >= 15 is 0 Å². The summed E-state index contributed by atoms with van der Waals surface area (Å²) in [5.74, 6) is 0. The lowest BCUT2D eigenvalue weighted by atomic mass is 9.86. The number of hydrogen-bond acceptors (Lipinski definition) is 1. The molecule has 0 aliphatic heterocycles. The zero-order valence-electron chi connectivity index (χ0n) is 6.53. The molecule has 0 unspecified atom stereocenters. The van der Waals surface area contributed by atoms with Crippen LogP contribution in [0.2, 0.25) is 0 Å². The molecule has 1 saturated carbocycles. The molecule has 0 heterocycles. The van der Waals surface area contributed by atoms with Gasteiger partial charge in [-0.3, -0.25) is 0 Å². The zero-order valence-corrected chi connectivity index (χ0v) is 8.69. The average molecular weight is 254 g/mol. The van der Waals surface area contributed by atoms with E-state index in [9.17, 15) is 0 Å². The van der Waals surface area contributed by atoms with Crippen LogP contribution in [-0.2, 0) is 4.74 Å². The van der Waals surface area contributed by atoms with E-state index in [4.69, 9.17) is 4.74 Å². The molecule has 0 N–H and O–H groups in total. The molecule has 0 aromatic carbocycles. The monoisotopic (exact) mass is 254 g/mol. The van der Waals surface area contributed by atoms with Crippen LogP contribution in [-0.4, -0.2) is 17.1 Å². The van der Waals surface area contributed by atoms with E-state index in [0.717, 1.165) is 4.43 Å². The van der Waals surface area contributed by atoms with Crippen LogP contribution >= 0.6 is 22.6 Å². The van der Waals surface area contributed by atoms with Crippen molar-refractivity contribution in [3.63, 3.8) is 0 Å². The molecule has 0 aromatic heterocycles. The van der Waals surface area contributed by atoms with E-state index in [-0.39, 0.29) is 5.60 Å². The number of halogens is 1. The minimum atomic E-state index is 0.249. The first-order valence-electron chi connectivity index (χ1n) is 3.94. The maximum absolute atomic E-state index is 5.52. The van der Waals surface area contributed by atoms with E-state index in [2.05, 4.69) is 22.6 Å². The Morgan fingerprint density at radius 1 is 1.30 bits per heavy atom. The molecule has 0 bridgehead atoms. The van der Waals surface area contributed by atoms with Crippen molar-refractivity contribution in [3.05, 3.63) is 0 Å². The lowest BCUT2D eigenvalue weighted by Crippen LogP contribution is -2.35. The summed E-state index contributed by atoms with van der Waals surface area (Å²) < 4.78 is 6.67. The Balaban J connectivity index is 2.44. The quantitative estimate of drug-likeness (QED) is 0.544. The highest BCUT2D eigenvalue weighted by Crippen LogP contribution is 2.32. The van der Waals surface area contributed by atoms with Crippen LogP contribution in [0.5, 0.6) is 0 Å². The standard InChI is InChI=1S/C8H15IO/c1-10-8(7-9)5-3-2-4-6-8/h2-7H2,1H3. The Labute approximate surface area is 76.7 Å².